The maximum absolute atomic E-state index is 4.04. The Bertz CT molecular complexity index is 573. The van der Waals surface area contributed by atoms with E-state index in [9.17, 15) is 0 Å². The van der Waals surface area contributed by atoms with Gasteiger partial charge in [-0.2, -0.15) is 0 Å². The van der Waals surface area contributed by atoms with Gasteiger partial charge in [-0.05, 0) is 22.5 Å². The highest BCUT2D eigenvalue weighted by Crippen LogP contribution is 2.56. The average molecular weight is 291 g/mol. The van der Waals surface area contributed by atoms with Crippen LogP contribution in [0.2, 0.25) is 0 Å². The summed E-state index contributed by atoms with van der Waals surface area (Å²) >= 11 is 0. The van der Waals surface area contributed by atoms with Gasteiger partial charge in [0, 0.05) is 19.1 Å². The van der Waals surface area contributed by atoms with Gasteiger partial charge in [0.25, 0.3) is 0 Å². The number of hydrogen-bond donors (Lipinski definition) is 0. The van der Waals surface area contributed by atoms with E-state index in [0.29, 0.717) is 17.4 Å². The SMILES string of the molecule is C=C[C@@H]1[C@H](N(Cc2ccccc2)Cc2ccccc2)C1(C)C. The molecule has 1 nitrogen and oxygen atoms in total. The molecule has 0 aromatic heterocycles. The fourth-order valence-electron chi connectivity index (χ4n) is 3.67. The lowest BCUT2D eigenvalue weighted by atomic mass is 10.1. The maximum Gasteiger partial charge on any atom is 0.0240 e. The van der Waals surface area contributed by atoms with Crippen LogP contribution in [0.5, 0.6) is 0 Å². The smallest absolute Gasteiger partial charge is 0.0240 e. The van der Waals surface area contributed by atoms with Gasteiger partial charge in [-0.15, -0.1) is 6.58 Å². The first-order chi connectivity index (χ1) is 10.6. The molecule has 1 fully saturated rings. The third-order valence-corrected chi connectivity index (χ3v) is 4.96. The van der Waals surface area contributed by atoms with Crippen molar-refractivity contribution >= 4 is 0 Å². The molecule has 0 bridgehead atoms. The van der Waals surface area contributed by atoms with E-state index in [1.807, 2.05) is 0 Å². The first-order valence-corrected chi connectivity index (χ1v) is 8.07. The summed E-state index contributed by atoms with van der Waals surface area (Å²) in [6.45, 7) is 10.7. The maximum atomic E-state index is 4.04. The summed E-state index contributed by atoms with van der Waals surface area (Å²) in [6, 6.07) is 22.1. The Kier molecular flexibility index (Phi) is 4.17. The number of hydrogen-bond acceptors (Lipinski definition) is 1. The van der Waals surface area contributed by atoms with Crippen molar-refractivity contribution in [3.63, 3.8) is 0 Å². The van der Waals surface area contributed by atoms with Gasteiger partial charge in [0.1, 0.15) is 0 Å². The second-order valence-electron chi connectivity index (χ2n) is 6.90. The molecule has 3 rings (SSSR count). The Morgan fingerprint density at radius 2 is 1.36 bits per heavy atom. The highest BCUT2D eigenvalue weighted by molar-refractivity contribution is 5.23. The molecule has 0 aliphatic heterocycles. The lowest BCUT2D eigenvalue weighted by Crippen LogP contribution is -2.28. The Hall–Kier alpha value is -1.86. The molecular weight excluding hydrogens is 266 g/mol. The van der Waals surface area contributed by atoms with Crippen molar-refractivity contribution in [3.05, 3.63) is 84.4 Å². The van der Waals surface area contributed by atoms with Gasteiger partial charge >= 0.3 is 0 Å². The molecular formula is C21H25N. The molecule has 0 spiro atoms. The zero-order chi connectivity index (χ0) is 15.6. The summed E-state index contributed by atoms with van der Waals surface area (Å²) in [5.74, 6) is 0.583. The lowest BCUT2D eigenvalue weighted by molar-refractivity contribution is 0.216. The van der Waals surface area contributed by atoms with Crippen LogP contribution in [0.1, 0.15) is 25.0 Å². The minimum absolute atomic E-state index is 0.325. The first kappa shape index (κ1) is 15.1. The predicted octanol–water partition coefficient (Wildman–Crippen LogP) is 4.90. The molecule has 1 aliphatic carbocycles. The van der Waals surface area contributed by atoms with Crippen molar-refractivity contribution in [1.82, 2.24) is 4.90 Å². The number of rotatable bonds is 6. The van der Waals surface area contributed by atoms with Gasteiger partial charge in [-0.3, -0.25) is 4.90 Å². The second-order valence-corrected chi connectivity index (χ2v) is 6.90. The summed E-state index contributed by atoms with van der Waals surface area (Å²) in [4.78, 5) is 2.61. The molecule has 0 unspecified atom stereocenters. The first-order valence-electron chi connectivity index (χ1n) is 8.07. The quantitative estimate of drug-likeness (QED) is 0.684. The van der Waals surface area contributed by atoms with E-state index in [-0.39, 0.29) is 0 Å². The van der Waals surface area contributed by atoms with Gasteiger partial charge < -0.3 is 0 Å². The molecule has 0 N–H and O–H groups in total. The van der Waals surface area contributed by atoms with Crippen LogP contribution in [0.4, 0.5) is 0 Å². The van der Waals surface area contributed by atoms with Crippen LogP contribution in [-0.2, 0) is 13.1 Å². The van der Waals surface area contributed by atoms with Crippen LogP contribution >= 0.6 is 0 Å². The van der Waals surface area contributed by atoms with E-state index in [0.717, 1.165) is 13.1 Å². The minimum atomic E-state index is 0.325. The van der Waals surface area contributed by atoms with Crippen LogP contribution in [-0.4, -0.2) is 10.9 Å². The van der Waals surface area contributed by atoms with Crippen LogP contribution < -0.4 is 0 Å². The van der Waals surface area contributed by atoms with Crippen molar-refractivity contribution in [2.45, 2.75) is 33.0 Å². The van der Waals surface area contributed by atoms with Crippen LogP contribution in [0.25, 0.3) is 0 Å². The van der Waals surface area contributed by atoms with Crippen molar-refractivity contribution in [2.75, 3.05) is 0 Å². The fraction of sp³-hybridized carbons (Fsp3) is 0.333. The highest BCUT2D eigenvalue weighted by Gasteiger charge is 2.58. The van der Waals surface area contributed by atoms with Crippen molar-refractivity contribution in [2.24, 2.45) is 11.3 Å². The minimum Gasteiger partial charge on any atom is -0.291 e. The van der Waals surface area contributed by atoms with Gasteiger partial charge in [0.05, 0.1) is 0 Å². The van der Waals surface area contributed by atoms with E-state index in [1.54, 1.807) is 0 Å². The van der Waals surface area contributed by atoms with E-state index in [2.05, 4.69) is 92.1 Å². The summed E-state index contributed by atoms with van der Waals surface area (Å²) in [5.41, 5.74) is 3.08. The van der Waals surface area contributed by atoms with E-state index in [1.165, 1.54) is 11.1 Å². The van der Waals surface area contributed by atoms with Crippen molar-refractivity contribution in [3.8, 4) is 0 Å². The zero-order valence-electron chi connectivity index (χ0n) is 13.6. The van der Waals surface area contributed by atoms with E-state index >= 15 is 0 Å². The Morgan fingerprint density at radius 3 is 1.73 bits per heavy atom. The highest BCUT2D eigenvalue weighted by atomic mass is 15.2. The van der Waals surface area contributed by atoms with Gasteiger partial charge in [-0.25, -0.2) is 0 Å². The van der Waals surface area contributed by atoms with Crippen LogP contribution in [0, 0.1) is 11.3 Å². The molecule has 2 aromatic rings. The standard InChI is InChI=1S/C21H25N/c1-4-19-20(21(19,2)3)22(15-17-11-7-5-8-12-17)16-18-13-9-6-10-14-18/h4-14,19-20H,1,15-16H2,2-3H3/t19-,20+/m1/s1. The fourth-order valence-corrected chi connectivity index (χ4v) is 3.67. The topological polar surface area (TPSA) is 3.24 Å². The number of benzene rings is 2. The third-order valence-electron chi connectivity index (χ3n) is 4.96. The molecule has 2 aromatic carbocycles. The predicted molar refractivity (Wildman–Crippen MR) is 93.4 cm³/mol. The van der Waals surface area contributed by atoms with E-state index in [4.69, 9.17) is 0 Å². The summed E-state index contributed by atoms with van der Waals surface area (Å²) < 4.78 is 0. The van der Waals surface area contributed by atoms with Gasteiger partial charge in [0.15, 0.2) is 0 Å². The molecule has 22 heavy (non-hydrogen) atoms. The molecule has 114 valence electrons. The van der Waals surface area contributed by atoms with Crippen LogP contribution in [0.15, 0.2) is 73.3 Å². The molecule has 0 saturated heterocycles. The molecule has 1 aliphatic rings. The summed E-state index contributed by atoms with van der Waals surface area (Å²) in [7, 11) is 0. The Labute approximate surface area is 134 Å². The Balaban J connectivity index is 1.81. The molecule has 0 amide bonds. The molecule has 1 heteroatoms. The van der Waals surface area contributed by atoms with Gasteiger partial charge in [-0.1, -0.05) is 80.6 Å². The lowest BCUT2D eigenvalue weighted by Gasteiger charge is -2.24. The molecule has 0 heterocycles. The Morgan fingerprint density at radius 1 is 0.909 bits per heavy atom. The molecule has 0 radical (unpaired) electrons. The molecule has 1 saturated carbocycles. The van der Waals surface area contributed by atoms with E-state index < -0.39 is 0 Å². The molecule has 2 atom stereocenters. The normalized spacial score (nSPS) is 22.5. The van der Waals surface area contributed by atoms with Crippen molar-refractivity contribution in [1.29, 1.82) is 0 Å². The largest absolute Gasteiger partial charge is 0.291 e. The van der Waals surface area contributed by atoms with Crippen LogP contribution in [0.3, 0.4) is 0 Å². The summed E-state index contributed by atoms with van der Waals surface area (Å²) in [5, 5.41) is 0. The van der Waals surface area contributed by atoms with Crippen molar-refractivity contribution < 1.29 is 0 Å². The summed E-state index contributed by atoms with van der Waals surface area (Å²) in [6.07, 6.45) is 2.13. The monoisotopic (exact) mass is 291 g/mol. The second kappa shape index (κ2) is 6.10. The zero-order valence-corrected chi connectivity index (χ0v) is 13.6. The average Bonchev–Trinajstić information content (AvgIpc) is 3.10. The van der Waals surface area contributed by atoms with Gasteiger partial charge in [0.2, 0.25) is 0 Å². The third kappa shape index (κ3) is 3.00. The number of nitrogens with zero attached hydrogens (tertiary/aromatic N) is 1.